The first-order valence-corrected chi connectivity index (χ1v) is 14.8. The lowest BCUT2D eigenvalue weighted by Gasteiger charge is -2.10. The van der Waals surface area contributed by atoms with Gasteiger partial charge in [-0.05, 0) is 91.3 Å². The molecule has 0 aliphatic carbocycles. The molecule has 3 rings (SSSR count). The van der Waals surface area contributed by atoms with E-state index in [1.807, 2.05) is 49.4 Å². The van der Waals surface area contributed by atoms with Crippen LogP contribution in [0.2, 0.25) is 0 Å². The van der Waals surface area contributed by atoms with E-state index in [0.29, 0.717) is 30.3 Å². The molecule has 45 heavy (non-hydrogen) atoms. The van der Waals surface area contributed by atoms with Crippen molar-refractivity contribution in [1.29, 1.82) is 0 Å². The molecule has 3 aromatic rings. The predicted octanol–water partition coefficient (Wildman–Crippen LogP) is 8.24. The number of ketones is 1. The van der Waals surface area contributed by atoms with Crippen molar-refractivity contribution in [2.75, 3.05) is 20.3 Å². The molecular formula is C38H40O7. The summed E-state index contributed by atoms with van der Waals surface area (Å²) < 4.78 is 21.1. The maximum Gasteiger partial charge on any atom is 0.339 e. The van der Waals surface area contributed by atoms with Crippen molar-refractivity contribution in [3.05, 3.63) is 127 Å². The van der Waals surface area contributed by atoms with Crippen molar-refractivity contribution < 1.29 is 33.3 Å². The molecule has 0 heterocycles. The van der Waals surface area contributed by atoms with Gasteiger partial charge in [0.25, 0.3) is 0 Å². The van der Waals surface area contributed by atoms with E-state index in [0.717, 1.165) is 53.7 Å². The number of benzene rings is 3. The van der Waals surface area contributed by atoms with E-state index >= 15 is 0 Å². The van der Waals surface area contributed by atoms with E-state index < -0.39 is 11.9 Å². The van der Waals surface area contributed by atoms with E-state index in [-0.39, 0.29) is 17.8 Å². The molecule has 0 saturated carbocycles. The Labute approximate surface area is 265 Å². The topological polar surface area (TPSA) is 88.1 Å². The van der Waals surface area contributed by atoms with Crippen molar-refractivity contribution in [1.82, 2.24) is 0 Å². The van der Waals surface area contributed by atoms with Crippen LogP contribution in [0.15, 0.2) is 110 Å². The zero-order valence-corrected chi connectivity index (χ0v) is 26.0. The number of esters is 2. The molecule has 0 radical (unpaired) electrons. The Balaban J connectivity index is 1.46. The molecular weight excluding hydrogens is 568 g/mol. The highest BCUT2D eigenvalue weighted by Gasteiger charge is 2.15. The van der Waals surface area contributed by atoms with E-state index in [4.69, 9.17) is 14.2 Å². The van der Waals surface area contributed by atoms with Gasteiger partial charge in [-0.1, -0.05) is 68.3 Å². The highest BCUT2D eigenvalue weighted by Crippen LogP contribution is 2.28. The summed E-state index contributed by atoms with van der Waals surface area (Å²) in [4.78, 5) is 36.4. The minimum atomic E-state index is -0.691. The Morgan fingerprint density at radius 2 is 1.49 bits per heavy atom. The fourth-order valence-corrected chi connectivity index (χ4v) is 4.29. The minimum Gasteiger partial charge on any atom is -0.494 e. The van der Waals surface area contributed by atoms with Gasteiger partial charge in [0.05, 0.1) is 26.7 Å². The van der Waals surface area contributed by atoms with Crippen LogP contribution in [0.25, 0.3) is 17.2 Å². The lowest BCUT2D eigenvalue weighted by Crippen LogP contribution is -2.14. The standard InChI is InChI=1S/C38H40O7/c1-6-29(4)43-23-9-7-8-10-24-44-33-18-11-30(12-19-33)13-22-36(39)32-16-14-31(15-17-32)35-21-20-34(25-27(35)2)45-38(41)28(3)26-37(40)42-5/h6,11-22,25H,1,3-4,7-10,23-24,26H2,2,5H3/b22-13+. The number of carbonyl (C=O) groups is 3. The van der Waals surface area contributed by atoms with Crippen LogP contribution in [-0.4, -0.2) is 38.0 Å². The van der Waals surface area contributed by atoms with Gasteiger partial charge in [-0.15, -0.1) is 0 Å². The predicted molar refractivity (Wildman–Crippen MR) is 177 cm³/mol. The van der Waals surface area contributed by atoms with Gasteiger partial charge in [-0.2, -0.15) is 0 Å². The highest BCUT2D eigenvalue weighted by molar-refractivity contribution is 6.07. The van der Waals surface area contributed by atoms with Gasteiger partial charge in [0.2, 0.25) is 0 Å². The number of ether oxygens (including phenoxy) is 4. The Hall–Kier alpha value is -5.17. The average molecular weight is 609 g/mol. The fourth-order valence-electron chi connectivity index (χ4n) is 4.29. The third-order valence-corrected chi connectivity index (χ3v) is 6.89. The van der Waals surface area contributed by atoms with E-state index in [1.54, 1.807) is 42.5 Å². The Bertz CT molecular complexity index is 1530. The molecule has 0 spiro atoms. The second-order valence-electron chi connectivity index (χ2n) is 10.3. The molecule has 7 nitrogen and oxygen atoms in total. The smallest absolute Gasteiger partial charge is 0.339 e. The first-order valence-electron chi connectivity index (χ1n) is 14.8. The third-order valence-electron chi connectivity index (χ3n) is 6.89. The van der Waals surface area contributed by atoms with Crippen molar-refractivity contribution in [3.8, 4) is 22.6 Å². The Morgan fingerprint density at radius 3 is 2.13 bits per heavy atom. The van der Waals surface area contributed by atoms with E-state index in [2.05, 4.69) is 24.5 Å². The maximum absolute atomic E-state index is 12.8. The average Bonchev–Trinajstić information content (AvgIpc) is 3.05. The van der Waals surface area contributed by atoms with Gasteiger partial charge in [0, 0.05) is 11.1 Å². The number of allylic oxidation sites excluding steroid dienone is 2. The first-order chi connectivity index (χ1) is 21.7. The third kappa shape index (κ3) is 11.4. The summed E-state index contributed by atoms with van der Waals surface area (Å²) in [5.41, 5.74) is 4.21. The van der Waals surface area contributed by atoms with E-state index in [9.17, 15) is 14.4 Å². The van der Waals surface area contributed by atoms with Crippen LogP contribution in [-0.2, 0) is 19.1 Å². The second kappa shape index (κ2) is 17.8. The second-order valence-corrected chi connectivity index (χ2v) is 10.3. The van der Waals surface area contributed by atoms with E-state index in [1.165, 1.54) is 7.11 Å². The molecule has 0 aliphatic heterocycles. The van der Waals surface area contributed by atoms with Crippen molar-refractivity contribution in [2.24, 2.45) is 0 Å². The summed E-state index contributed by atoms with van der Waals surface area (Å²) >= 11 is 0. The van der Waals surface area contributed by atoms with Gasteiger partial charge in [0.15, 0.2) is 5.78 Å². The molecule has 0 N–H and O–H groups in total. The molecule has 234 valence electrons. The van der Waals surface area contributed by atoms with Gasteiger partial charge in [0.1, 0.15) is 17.3 Å². The zero-order chi connectivity index (χ0) is 32.6. The van der Waals surface area contributed by atoms with Crippen molar-refractivity contribution in [3.63, 3.8) is 0 Å². The first kappa shape index (κ1) is 34.3. The molecule has 3 aromatic carbocycles. The number of rotatable bonds is 18. The summed E-state index contributed by atoms with van der Waals surface area (Å²) in [6.07, 6.45) is 8.79. The molecule has 0 amide bonds. The van der Waals surface area contributed by atoms with Gasteiger partial charge < -0.3 is 18.9 Å². The summed E-state index contributed by atoms with van der Waals surface area (Å²) in [5, 5.41) is 0. The number of hydrogen-bond acceptors (Lipinski definition) is 7. The molecule has 0 aromatic heterocycles. The van der Waals surface area contributed by atoms with Crippen LogP contribution in [0, 0.1) is 6.92 Å². The van der Waals surface area contributed by atoms with Crippen LogP contribution in [0.5, 0.6) is 11.5 Å². The number of hydrogen-bond donors (Lipinski definition) is 0. The van der Waals surface area contributed by atoms with Gasteiger partial charge >= 0.3 is 11.9 Å². The number of carbonyl (C=O) groups excluding carboxylic acids is 3. The highest BCUT2D eigenvalue weighted by atomic mass is 16.5. The largest absolute Gasteiger partial charge is 0.494 e. The maximum atomic E-state index is 12.8. The molecule has 0 atom stereocenters. The zero-order valence-electron chi connectivity index (χ0n) is 26.0. The molecule has 0 unspecified atom stereocenters. The number of aryl methyl sites for hydroxylation is 1. The van der Waals surface area contributed by atoms with Crippen LogP contribution < -0.4 is 9.47 Å². The summed E-state index contributed by atoms with van der Waals surface area (Å²) in [5.74, 6) is 0.389. The SMILES string of the molecule is C=CC(=C)OCCCCCCOc1ccc(/C=C/C(=O)c2ccc(-c3ccc(OC(=O)C(=C)CC(=O)OC)cc3C)cc2)cc1. The summed E-state index contributed by atoms with van der Waals surface area (Å²) in [7, 11) is 1.24. The fraction of sp³-hybridized carbons (Fsp3) is 0.237. The van der Waals surface area contributed by atoms with Crippen molar-refractivity contribution in [2.45, 2.75) is 39.0 Å². The van der Waals surface area contributed by atoms with Crippen LogP contribution in [0.1, 0.15) is 53.6 Å². The normalized spacial score (nSPS) is 10.6. The van der Waals surface area contributed by atoms with Crippen LogP contribution >= 0.6 is 0 Å². The molecule has 0 saturated heterocycles. The number of unbranched alkanes of at least 4 members (excludes halogenated alkanes) is 3. The summed E-state index contributed by atoms with van der Waals surface area (Å²) in [6, 6.07) is 20.2. The molecule has 7 heteroatoms. The lowest BCUT2D eigenvalue weighted by atomic mass is 9.98. The van der Waals surface area contributed by atoms with Gasteiger partial charge in [-0.3, -0.25) is 9.59 Å². The quantitative estimate of drug-likeness (QED) is 0.0273. The molecule has 0 fully saturated rings. The van der Waals surface area contributed by atoms with Gasteiger partial charge in [-0.25, -0.2) is 4.79 Å². The Kier molecular flexibility index (Phi) is 13.6. The van der Waals surface area contributed by atoms with Crippen LogP contribution in [0.3, 0.4) is 0 Å². The monoisotopic (exact) mass is 608 g/mol. The minimum absolute atomic E-state index is 0.0102. The molecule has 0 bridgehead atoms. The van der Waals surface area contributed by atoms with Crippen LogP contribution in [0.4, 0.5) is 0 Å². The van der Waals surface area contributed by atoms with Crippen molar-refractivity contribution >= 4 is 23.8 Å². The molecule has 0 aliphatic rings. The lowest BCUT2D eigenvalue weighted by molar-refractivity contribution is -0.141. The summed E-state index contributed by atoms with van der Waals surface area (Å²) in [6.45, 7) is 14.1. The number of methoxy groups -OCH3 is 1. The Morgan fingerprint density at radius 1 is 0.822 bits per heavy atom.